The number of aromatic nitrogens is 2. The van der Waals surface area contributed by atoms with Crippen LogP contribution in [-0.4, -0.2) is 48.1 Å². The molecule has 0 aliphatic carbocycles. The van der Waals surface area contributed by atoms with E-state index in [4.69, 9.17) is 14.5 Å². The van der Waals surface area contributed by atoms with E-state index in [0.29, 0.717) is 6.61 Å². The van der Waals surface area contributed by atoms with Crippen molar-refractivity contribution in [2.24, 2.45) is 0 Å². The zero-order valence-electron chi connectivity index (χ0n) is 15.6. The number of imidazole rings is 1. The number of fused-ring (bicyclic) bond motifs is 1. The number of para-hydroxylation sites is 2. The normalized spacial score (nSPS) is 12.1. The Morgan fingerprint density at radius 3 is 2.63 bits per heavy atom. The van der Waals surface area contributed by atoms with Gasteiger partial charge in [-0.2, -0.15) is 0 Å². The second-order valence-electron chi connectivity index (χ2n) is 6.13. The topological polar surface area (TPSA) is 65.4 Å². The first-order valence-electron chi connectivity index (χ1n) is 8.65. The molecule has 142 valence electrons. The highest BCUT2D eigenvalue weighted by Gasteiger charge is 2.15. The molecule has 0 radical (unpaired) electrons. The number of rotatable bonds is 8. The van der Waals surface area contributed by atoms with Crippen molar-refractivity contribution in [2.75, 3.05) is 26.6 Å². The molecule has 7 heteroatoms. The minimum Gasteiger partial charge on any atom is -0.497 e. The quantitative estimate of drug-likeness (QED) is 0.603. The first-order valence-corrected chi connectivity index (χ1v) is 9.64. The first-order chi connectivity index (χ1) is 13.1. The molecule has 6 nitrogen and oxygen atoms in total. The highest BCUT2D eigenvalue weighted by molar-refractivity contribution is 7.99. The van der Waals surface area contributed by atoms with Crippen LogP contribution in [0.1, 0.15) is 6.92 Å². The smallest absolute Gasteiger partial charge is 0.230 e. The van der Waals surface area contributed by atoms with Gasteiger partial charge in [-0.25, -0.2) is 4.98 Å². The number of ether oxygens (including phenoxy) is 2. The van der Waals surface area contributed by atoms with Gasteiger partial charge >= 0.3 is 0 Å². The summed E-state index contributed by atoms with van der Waals surface area (Å²) in [6.45, 7) is 2.40. The number of hydrogen-bond acceptors (Lipinski definition) is 5. The maximum atomic E-state index is 12.2. The molecule has 0 fully saturated rings. The van der Waals surface area contributed by atoms with Crippen molar-refractivity contribution < 1.29 is 14.3 Å². The Hall–Kier alpha value is -2.51. The third kappa shape index (κ3) is 4.61. The number of benzene rings is 2. The van der Waals surface area contributed by atoms with Crippen LogP contribution in [0.15, 0.2) is 53.7 Å². The van der Waals surface area contributed by atoms with E-state index in [1.54, 1.807) is 14.2 Å². The zero-order chi connectivity index (χ0) is 19.2. The van der Waals surface area contributed by atoms with Gasteiger partial charge in [0.2, 0.25) is 5.91 Å². The minimum absolute atomic E-state index is 0.0245. The van der Waals surface area contributed by atoms with E-state index in [1.165, 1.54) is 11.8 Å². The molecule has 0 spiro atoms. The van der Waals surface area contributed by atoms with Crippen LogP contribution in [0.4, 0.5) is 0 Å². The molecular formula is C20H23N3O3S. The van der Waals surface area contributed by atoms with E-state index in [1.807, 2.05) is 55.5 Å². The van der Waals surface area contributed by atoms with Gasteiger partial charge in [0.1, 0.15) is 5.75 Å². The van der Waals surface area contributed by atoms with Gasteiger partial charge in [-0.3, -0.25) is 9.36 Å². The Morgan fingerprint density at radius 1 is 1.19 bits per heavy atom. The first kappa shape index (κ1) is 19.3. The molecule has 1 aromatic heterocycles. The van der Waals surface area contributed by atoms with Crippen molar-refractivity contribution in [2.45, 2.75) is 18.1 Å². The summed E-state index contributed by atoms with van der Waals surface area (Å²) in [4.78, 5) is 16.9. The highest BCUT2D eigenvalue weighted by Crippen LogP contribution is 2.28. The lowest BCUT2D eigenvalue weighted by atomic mass is 10.2. The average molecular weight is 385 g/mol. The van der Waals surface area contributed by atoms with Crippen molar-refractivity contribution in [3.63, 3.8) is 0 Å². The molecule has 3 aromatic rings. The van der Waals surface area contributed by atoms with Crippen LogP contribution in [0, 0.1) is 0 Å². The molecule has 0 aliphatic heterocycles. The number of carbonyl (C=O) groups excluding carboxylic acids is 1. The lowest BCUT2D eigenvalue weighted by Gasteiger charge is -2.13. The van der Waals surface area contributed by atoms with Crippen molar-refractivity contribution in [1.29, 1.82) is 0 Å². The van der Waals surface area contributed by atoms with Crippen molar-refractivity contribution in [1.82, 2.24) is 14.9 Å². The number of thioether (sulfide) groups is 1. The van der Waals surface area contributed by atoms with E-state index in [9.17, 15) is 4.79 Å². The zero-order valence-corrected chi connectivity index (χ0v) is 16.5. The second-order valence-corrected chi connectivity index (χ2v) is 7.07. The minimum atomic E-state index is -0.0436. The Bertz CT molecular complexity index is 908. The lowest BCUT2D eigenvalue weighted by molar-refractivity contribution is -0.119. The maximum absolute atomic E-state index is 12.2. The Labute approximate surface area is 162 Å². The number of nitrogens with zero attached hydrogens (tertiary/aromatic N) is 2. The lowest BCUT2D eigenvalue weighted by Crippen LogP contribution is -2.36. The fourth-order valence-corrected chi connectivity index (χ4v) is 3.66. The van der Waals surface area contributed by atoms with Crippen LogP contribution in [0.2, 0.25) is 0 Å². The molecule has 0 aliphatic rings. The van der Waals surface area contributed by atoms with Gasteiger partial charge in [0.05, 0.1) is 30.5 Å². The van der Waals surface area contributed by atoms with Crippen molar-refractivity contribution in [3.05, 3.63) is 48.5 Å². The standard InChI is InChI=1S/C20H23N3O3S/c1-14(12-25-2)21-19(24)13-27-20-22-17-6-4-5-7-18(17)23(20)15-8-10-16(26-3)11-9-15/h4-11,14H,12-13H2,1-3H3,(H,21,24). The van der Waals surface area contributed by atoms with Crippen LogP contribution in [0.3, 0.4) is 0 Å². The molecule has 1 N–H and O–H groups in total. The summed E-state index contributed by atoms with van der Waals surface area (Å²) < 4.78 is 12.4. The third-order valence-corrected chi connectivity index (χ3v) is 4.96. The number of amides is 1. The molecular weight excluding hydrogens is 362 g/mol. The molecule has 3 rings (SSSR count). The molecule has 0 saturated carbocycles. The largest absolute Gasteiger partial charge is 0.497 e. The number of hydrogen-bond donors (Lipinski definition) is 1. The van der Waals surface area contributed by atoms with Gasteiger partial charge in [0.15, 0.2) is 5.16 Å². The van der Waals surface area contributed by atoms with E-state index >= 15 is 0 Å². The van der Waals surface area contributed by atoms with Gasteiger partial charge in [0.25, 0.3) is 0 Å². The summed E-state index contributed by atoms with van der Waals surface area (Å²) in [6, 6.07) is 15.7. The molecule has 1 unspecified atom stereocenters. The monoisotopic (exact) mass is 385 g/mol. The Morgan fingerprint density at radius 2 is 1.93 bits per heavy atom. The average Bonchev–Trinajstić information content (AvgIpc) is 3.05. The van der Waals surface area contributed by atoms with Gasteiger partial charge in [-0.1, -0.05) is 23.9 Å². The van der Waals surface area contributed by atoms with Crippen molar-refractivity contribution in [3.8, 4) is 11.4 Å². The molecule has 2 aromatic carbocycles. The summed E-state index contributed by atoms with van der Waals surface area (Å²) in [5, 5.41) is 3.69. The SMILES string of the molecule is COCC(C)NC(=O)CSc1nc2ccccc2n1-c1ccc(OC)cc1. The fourth-order valence-electron chi connectivity index (χ4n) is 2.82. The van der Waals surface area contributed by atoms with Gasteiger partial charge in [-0.15, -0.1) is 0 Å². The summed E-state index contributed by atoms with van der Waals surface area (Å²) in [6.07, 6.45) is 0. The molecule has 0 saturated heterocycles. The fraction of sp³-hybridized carbons (Fsp3) is 0.300. The number of nitrogens with one attached hydrogen (secondary N) is 1. The second kappa shape index (κ2) is 8.92. The molecule has 1 amide bonds. The van der Waals surface area contributed by atoms with E-state index in [-0.39, 0.29) is 17.7 Å². The molecule has 27 heavy (non-hydrogen) atoms. The van der Waals surface area contributed by atoms with E-state index < -0.39 is 0 Å². The van der Waals surface area contributed by atoms with Crippen molar-refractivity contribution >= 4 is 28.7 Å². The van der Waals surface area contributed by atoms with Crippen LogP contribution < -0.4 is 10.1 Å². The summed E-state index contributed by atoms with van der Waals surface area (Å²) in [7, 11) is 3.26. The Kier molecular flexibility index (Phi) is 6.36. The molecule has 1 atom stereocenters. The van der Waals surface area contributed by atoms with Gasteiger partial charge in [-0.05, 0) is 43.3 Å². The van der Waals surface area contributed by atoms with Crippen LogP contribution in [0.25, 0.3) is 16.7 Å². The summed E-state index contributed by atoms with van der Waals surface area (Å²) in [5.74, 6) is 1.04. The van der Waals surface area contributed by atoms with E-state index in [0.717, 1.165) is 27.6 Å². The van der Waals surface area contributed by atoms with Crippen LogP contribution in [0.5, 0.6) is 5.75 Å². The predicted octanol–water partition coefficient (Wildman–Crippen LogP) is 3.28. The number of carbonyl (C=O) groups is 1. The summed E-state index contributed by atoms with van der Waals surface area (Å²) >= 11 is 1.41. The highest BCUT2D eigenvalue weighted by atomic mass is 32.2. The van der Waals surface area contributed by atoms with E-state index in [2.05, 4.69) is 9.88 Å². The van der Waals surface area contributed by atoms with Gasteiger partial charge < -0.3 is 14.8 Å². The predicted molar refractivity (Wildman–Crippen MR) is 108 cm³/mol. The molecule has 1 heterocycles. The number of methoxy groups -OCH3 is 2. The van der Waals surface area contributed by atoms with Gasteiger partial charge in [0, 0.05) is 18.8 Å². The summed E-state index contributed by atoms with van der Waals surface area (Å²) in [5.41, 5.74) is 2.86. The van der Waals surface area contributed by atoms with Crippen LogP contribution >= 0.6 is 11.8 Å². The molecule has 0 bridgehead atoms. The Balaban J connectivity index is 1.85. The maximum Gasteiger partial charge on any atom is 0.230 e. The van der Waals surface area contributed by atoms with Crippen LogP contribution in [-0.2, 0) is 9.53 Å². The third-order valence-electron chi connectivity index (χ3n) is 4.02.